The fraction of sp³-hybridized carbons (Fsp3) is 0.909. The number of nitrogens with zero attached hydrogens (tertiary/aromatic N) is 1. The molecule has 0 aromatic rings. The monoisotopic (exact) mass is 212 g/mol. The van der Waals surface area contributed by atoms with Gasteiger partial charge in [0.05, 0.1) is 25.7 Å². The average molecular weight is 212 g/mol. The molecule has 4 nitrogen and oxygen atoms in total. The van der Waals surface area contributed by atoms with Crippen LogP contribution in [0.3, 0.4) is 0 Å². The van der Waals surface area contributed by atoms with Crippen LogP contribution in [0.5, 0.6) is 0 Å². The first-order chi connectivity index (χ1) is 7.27. The standard InChI is InChI=1S/C11H20N2O2/c1-9-8-15-6-4-11(14)13(9)7-10-3-2-5-12-10/h9-10,12H,2-8H2,1H3. The van der Waals surface area contributed by atoms with Crippen molar-refractivity contribution >= 4 is 5.91 Å². The van der Waals surface area contributed by atoms with Crippen molar-refractivity contribution in [1.82, 2.24) is 10.2 Å². The Bertz CT molecular complexity index is 227. The van der Waals surface area contributed by atoms with Crippen LogP contribution in [0.25, 0.3) is 0 Å². The van der Waals surface area contributed by atoms with Crippen LogP contribution in [0.1, 0.15) is 26.2 Å². The van der Waals surface area contributed by atoms with Gasteiger partial charge in [0.1, 0.15) is 0 Å². The van der Waals surface area contributed by atoms with Gasteiger partial charge in [0.25, 0.3) is 0 Å². The fourth-order valence-electron chi connectivity index (χ4n) is 2.32. The maximum absolute atomic E-state index is 11.8. The van der Waals surface area contributed by atoms with Gasteiger partial charge in [-0.3, -0.25) is 4.79 Å². The molecule has 1 N–H and O–H groups in total. The van der Waals surface area contributed by atoms with Crippen molar-refractivity contribution in [2.24, 2.45) is 0 Å². The second-order valence-electron chi connectivity index (χ2n) is 4.51. The third-order valence-electron chi connectivity index (χ3n) is 3.25. The van der Waals surface area contributed by atoms with Crippen LogP contribution in [-0.4, -0.2) is 49.2 Å². The number of ether oxygens (including phenoxy) is 1. The first kappa shape index (κ1) is 10.9. The maximum Gasteiger partial charge on any atom is 0.225 e. The largest absolute Gasteiger partial charge is 0.379 e. The van der Waals surface area contributed by atoms with Crippen molar-refractivity contribution in [2.75, 3.05) is 26.3 Å². The summed E-state index contributed by atoms with van der Waals surface area (Å²) in [4.78, 5) is 13.8. The average Bonchev–Trinajstić information content (AvgIpc) is 2.67. The van der Waals surface area contributed by atoms with Gasteiger partial charge >= 0.3 is 0 Å². The van der Waals surface area contributed by atoms with Crippen molar-refractivity contribution in [3.8, 4) is 0 Å². The number of hydrogen-bond acceptors (Lipinski definition) is 3. The molecule has 0 radical (unpaired) electrons. The Morgan fingerprint density at radius 2 is 2.47 bits per heavy atom. The Morgan fingerprint density at radius 3 is 3.20 bits per heavy atom. The lowest BCUT2D eigenvalue weighted by Gasteiger charge is -2.29. The molecule has 0 aromatic carbocycles. The van der Waals surface area contributed by atoms with Crippen LogP contribution < -0.4 is 5.32 Å². The van der Waals surface area contributed by atoms with Crippen LogP contribution in [0.4, 0.5) is 0 Å². The molecule has 2 saturated heterocycles. The minimum Gasteiger partial charge on any atom is -0.379 e. The molecule has 4 heteroatoms. The van der Waals surface area contributed by atoms with Gasteiger partial charge in [0.15, 0.2) is 0 Å². The quantitative estimate of drug-likeness (QED) is 0.719. The number of carbonyl (C=O) groups is 1. The van der Waals surface area contributed by atoms with E-state index in [1.165, 1.54) is 12.8 Å². The first-order valence-corrected chi connectivity index (χ1v) is 5.88. The zero-order chi connectivity index (χ0) is 10.7. The van der Waals surface area contributed by atoms with E-state index in [0.29, 0.717) is 25.7 Å². The van der Waals surface area contributed by atoms with E-state index in [-0.39, 0.29) is 11.9 Å². The predicted molar refractivity (Wildman–Crippen MR) is 57.6 cm³/mol. The molecule has 0 aliphatic carbocycles. The Kier molecular flexibility index (Phi) is 3.59. The van der Waals surface area contributed by atoms with Gasteiger partial charge in [0.2, 0.25) is 5.91 Å². The molecule has 86 valence electrons. The SMILES string of the molecule is CC1COCCC(=O)N1CC1CCCN1. The van der Waals surface area contributed by atoms with Gasteiger partial charge < -0.3 is 15.0 Å². The van der Waals surface area contributed by atoms with E-state index >= 15 is 0 Å². The van der Waals surface area contributed by atoms with E-state index in [0.717, 1.165) is 13.1 Å². The van der Waals surface area contributed by atoms with E-state index in [2.05, 4.69) is 12.2 Å². The Labute approximate surface area is 91.0 Å². The van der Waals surface area contributed by atoms with Gasteiger partial charge in [-0.25, -0.2) is 0 Å². The van der Waals surface area contributed by atoms with E-state index in [4.69, 9.17) is 4.74 Å². The number of carbonyl (C=O) groups excluding carboxylic acids is 1. The fourth-order valence-corrected chi connectivity index (χ4v) is 2.32. The summed E-state index contributed by atoms with van der Waals surface area (Å²) in [6.45, 7) is 5.27. The third kappa shape index (κ3) is 2.69. The van der Waals surface area contributed by atoms with Crippen LogP contribution in [0.2, 0.25) is 0 Å². The second-order valence-corrected chi connectivity index (χ2v) is 4.51. The predicted octanol–water partition coefficient (Wildman–Crippen LogP) is 0.376. The summed E-state index contributed by atoms with van der Waals surface area (Å²) in [5, 5.41) is 3.43. The highest BCUT2D eigenvalue weighted by Gasteiger charge is 2.26. The molecule has 0 saturated carbocycles. The van der Waals surface area contributed by atoms with Gasteiger partial charge in [0, 0.05) is 12.6 Å². The normalized spacial score (nSPS) is 33.1. The van der Waals surface area contributed by atoms with Crippen LogP contribution >= 0.6 is 0 Å². The van der Waals surface area contributed by atoms with Gasteiger partial charge in [-0.05, 0) is 26.3 Å². The molecule has 2 heterocycles. The molecular weight excluding hydrogens is 192 g/mol. The molecule has 0 bridgehead atoms. The number of hydrogen-bond donors (Lipinski definition) is 1. The molecule has 0 spiro atoms. The summed E-state index contributed by atoms with van der Waals surface area (Å²) >= 11 is 0. The van der Waals surface area contributed by atoms with Gasteiger partial charge in [-0.2, -0.15) is 0 Å². The summed E-state index contributed by atoms with van der Waals surface area (Å²) in [7, 11) is 0. The summed E-state index contributed by atoms with van der Waals surface area (Å²) in [6.07, 6.45) is 2.96. The van der Waals surface area contributed by atoms with Crippen LogP contribution in [0, 0.1) is 0 Å². The van der Waals surface area contributed by atoms with Crippen molar-refractivity contribution in [3.63, 3.8) is 0 Å². The van der Waals surface area contributed by atoms with E-state index in [9.17, 15) is 4.79 Å². The van der Waals surface area contributed by atoms with E-state index in [1.807, 2.05) is 4.90 Å². The Balaban J connectivity index is 1.93. The minimum atomic E-state index is 0.224. The number of nitrogens with one attached hydrogen (secondary N) is 1. The third-order valence-corrected chi connectivity index (χ3v) is 3.25. The highest BCUT2D eigenvalue weighted by atomic mass is 16.5. The molecule has 0 aromatic heterocycles. The topological polar surface area (TPSA) is 41.6 Å². The maximum atomic E-state index is 11.8. The molecule has 2 unspecified atom stereocenters. The van der Waals surface area contributed by atoms with Gasteiger partial charge in [-0.1, -0.05) is 0 Å². The minimum absolute atomic E-state index is 0.224. The summed E-state index contributed by atoms with van der Waals surface area (Å²) in [5.41, 5.74) is 0. The van der Waals surface area contributed by atoms with Crippen molar-refractivity contribution < 1.29 is 9.53 Å². The molecule has 2 aliphatic heterocycles. The summed E-state index contributed by atoms with van der Waals surface area (Å²) in [6, 6.07) is 0.719. The highest BCUT2D eigenvalue weighted by Crippen LogP contribution is 2.13. The summed E-state index contributed by atoms with van der Waals surface area (Å²) < 4.78 is 5.39. The molecule has 1 amide bonds. The Hall–Kier alpha value is -0.610. The molecule has 15 heavy (non-hydrogen) atoms. The van der Waals surface area contributed by atoms with Crippen molar-refractivity contribution in [3.05, 3.63) is 0 Å². The lowest BCUT2D eigenvalue weighted by molar-refractivity contribution is -0.132. The van der Waals surface area contributed by atoms with E-state index in [1.54, 1.807) is 0 Å². The molecule has 2 atom stereocenters. The number of rotatable bonds is 2. The zero-order valence-electron chi connectivity index (χ0n) is 9.37. The van der Waals surface area contributed by atoms with Crippen molar-refractivity contribution in [1.29, 1.82) is 0 Å². The molecular formula is C11H20N2O2. The lowest BCUT2D eigenvalue weighted by atomic mass is 10.2. The van der Waals surface area contributed by atoms with Crippen LogP contribution in [0.15, 0.2) is 0 Å². The summed E-state index contributed by atoms with van der Waals surface area (Å²) in [5.74, 6) is 0.244. The van der Waals surface area contributed by atoms with Gasteiger partial charge in [-0.15, -0.1) is 0 Å². The van der Waals surface area contributed by atoms with E-state index < -0.39 is 0 Å². The molecule has 2 rings (SSSR count). The smallest absolute Gasteiger partial charge is 0.225 e. The Morgan fingerprint density at radius 1 is 1.60 bits per heavy atom. The molecule has 2 aliphatic rings. The van der Waals surface area contributed by atoms with Crippen LogP contribution in [-0.2, 0) is 9.53 Å². The highest BCUT2D eigenvalue weighted by molar-refractivity contribution is 5.76. The first-order valence-electron chi connectivity index (χ1n) is 5.88. The lowest BCUT2D eigenvalue weighted by Crippen LogP contribution is -2.46. The van der Waals surface area contributed by atoms with Crippen molar-refractivity contribution in [2.45, 2.75) is 38.3 Å². The number of amides is 1. The molecule has 2 fully saturated rings. The second kappa shape index (κ2) is 4.94. The zero-order valence-corrected chi connectivity index (χ0v) is 9.37.